The van der Waals surface area contributed by atoms with Gasteiger partial charge in [-0.1, -0.05) is 6.07 Å². The van der Waals surface area contributed by atoms with Crippen LogP contribution in [-0.2, 0) is 17.8 Å². The van der Waals surface area contributed by atoms with E-state index in [1.807, 2.05) is 17.9 Å². The average molecular weight is 533 g/mol. The van der Waals surface area contributed by atoms with E-state index >= 15 is 0 Å². The predicted molar refractivity (Wildman–Crippen MR) is 154 cm³/mol. The Balaban J connectivity index is 1.29. The number of nitrogens with zero attached hydrogens (tertiary/aromatic N) is 3. The molecule has 0 unspecified atom stereocenters. The van der Waals surface area contributed by atoms with Crippen molar-refractivity contribution in [1.29, 1.82) is 0 Å². The minimum Gasteiger partial charge on any atom is -0.381 e. The summed E-state index contributed by atoms with van der Waals surface area (Å²) in [6.07, 6.45) is 4.74. The van der Waals surface area contributed by atoms with E-state index in [0.717, 1.165) is 92.5 Å². The Morgan fingerprint density at radius 3 is 2.44 bits per heavy atom. The normalized spacial score (nSPS) is 19.1. The van der Waals surface area contributed by atoms with Gasteiger partial charge in [-0.3, -0.25) is 9.69 Å². The lowest BCUT2D eigenvalue weighted by molar-refractivity contribution is 0.0137. The molecule has 1 aliphatic carbocycles. The standard InChI is InChI=1S/C32H41FN4O2/c1-21-16-27(33)7-6-25(21)19-34-30-18-26(17-29-22(2)23(3)37(31(29)30)20-24-4-5-24)32(38)36-12-10-35(11-13-36)28-8-14-39-15-9-28/h6-7,16-18,24,28,34H,4-5,8-15,19-20H2,1-3H3. The first kappa shape index (κ1) is 26.3. The molecule has 2 saturated heterocycles. The minimum atomic E-state index is -0.215. The number of halogens is 1. The zero-order valence-electron chi connectivity index (χ0n) is 23.6. The number of hydrogen-bond donors (Lipinski definition) is 1. The van der Waals surface area contributed by atoms with E-state index in [-0.39, 0.29) is 11.7 Å². The fraction of sp³-hybridized carbons (Fsp3) is 0.531. The zero-order chi connectivity index (χ0) is 27.1. The Morgan fingerprint density at radius 2 is 1.74 bits per heavy atom. The molecule has 0 spiro atoms. The third-order valence-corrected chi connectivity index (χ3v) is 9.20. The molecular weight excluding hydrogens is 491 g/mol. The van der Waals surface area contributed by atoms with E-state index in [0.29, 0.717) is 12.6 Å². The lowest BCUT2D eigenvalue weighted by Crippen LogP contribution is -2.53. The number of rotatable bonds is 7. The molecule has 208 valence electrons. The van der Waals surface area contributed by atoms with Gasteiger partial charge in [-0.15, -0.1) is 0 Å². The molecule has 3 heterocycles. The van der Waals surface area contributed by atoms with Crippen molar-refractivity contribution in [3.8, 4) is 0 Å². The summed E-state index contributed by atoms with van der Waals surface area (Å²) in [5, 5.41) is 4.80. The number of nitrogens with one attached hydrogen (secondary N) is 1. The van der Waals surface area contributed by atoms with Gasteiger partial charge in [0.1, 0.15) is 5.82 Å². The van der Waals surface area contributed by atoms with Crippen LogP contribution in [-0.4, -0.2) is 65.7 Å². The molecule has 1 N–H and O–H groups in total. The van der Waals surface area contributed by atoms with Crippen LogP contribution in [0.25, 0.3) is 10.9 Å². The fourth-order valence-corrected chi connectivity index (χ4v) is 6.39. The Hall–Kier alpha value is -2.90. The molecule has 1 saturated carbocycles. The number of aryl methyl sites for hydroxylation is 2. The number of carbonyl (C=O) groups is 1. The first-order chi connectivity index (χ1) is 18.9. The van der Waals surface area contributed by atoms with Gasteiger partial charge in [-0.25, -0.2) is 4.39 Å². The number of hydrogen-bond acceptors (Lipinski definition) is 4. The van der Waals surface area contributed by atoms with Gasteiger partial charge >= 0.3 is 0 Å². The van der Waals surface area contributed by atoms with Gasteiger partial charge in [0.2, 0.25) is 0 Å². The summed E-state index contributed by atoms with van der Waals surface area (Å²) in [4.78, 5) is 18.4. The van der Waals surface area contributed by atoms with Gasteiger partial charge in [-0.05, 0) is 93.3 Å². The topological polar surface area (TPSA) is 49.7 Å². The maximum atomic E-state index is 13.8. The number of piperazine rings is 1. The van der Waals surface area contributed by atoms with Crippen LogP contribution in [0.3, 0.4) is 0 Å². The highest BCUT2D eigenvalue weighted by molar-refractivity contribution is 6.04. The van der Waals surface area contributed by atoms with E-state index in [2.05, 4.69) is 40.8 Å². The lowest BCUT2D eigenvalue weighted by Gasteiger charge is -2.40. The number of fused-ring (bicyclic) bond motifs is 1. The van der Waals surface area contributed by atoms with Crippen molar-refractivity contribution in [2.45, 2.75) is 65.6 Å². The van der Waals surface area contributed by atoms with Crippen LogP contribution in [0.4, 0.5) is 10.1 Å². The van der Waals surface area contributed by atoms with Gasteiger partial charge in [0, 0.05) is 75.2 Å². The number of anilines is 1. The molecule has 2 aliphatic heterocycles. The number of aromatic nitrogens is 1. The van der Waals surface area contributed by atoms with Crippen molar-refractivity contribution in [2.24, 2.45) is 5.92 Å². The maximum absolute atomic E-state index is 13.8. The highest BCUT2D eigenvalue weighted by atomic mass is 19.1. The van der Waals surface area contributed by atoms with Crippen LogP contribution >= 0.6 is 0 Å². The molecule has 0 radical (unpaired) electrons. The number of carbonyl (C=O) groups excluding carboxylic acids is 1. The summed E-state index contributed by atoms with van der Waals surface area (Å²) in [6, 6.07) is 9.69. The zero-order valence-corrected chi connectivity index (χ0v) is 23.6. The van der Waals surface area contributed by atoms with Crippen LogP contribution in [0.2, 0.25) is 0 Å². The van der Waals surface area contributed by atoms with Crippen molar-refractivity contribution >= 4 is 22.5 Å². The molecule has 39 heavy (non-hydrogen) atoms. The molecule has 6 rings (SSSR count). The molecular formula is C32H41FN4O2. The summed E-state index contributed by atoms with van der Waals surface area (Å²) >= 11 is 0. The molecule has 7 heteroatoms. The summed E-state index contributed by atoms with van der Waals surface area (Å²) in [5.74, 6) is 0.628. The van der Waals surface area contributed by atoms with Crippen molar-refractivity contribution in [3.63, 3.8) is 0 Å². The van der Waals surface area contributed by atoms with E-state index in [1.54, 1.807) is 6.07 Å². The van der Waals surface area contributed by atoms with Crippen molar-refractivity contribution in [3.05, 3.63) is 64.1 Å². The summed E-state index contributed by atoms with van der Waals surface area (Å²) in [7, 11) is 0. The Kier molecular flexibility index (Phi) is 7.38. The second-order valence-electron chi connectivity index (χ2n) is 11.8. The van der Waals surface area contributed by atoms with E-state index in [9.17, 15) is 9.18 Å². The molecule has 3 fully saturated rings. The van der Waals surface area contributed by atoms with Gasteiger partial charge < -0.3 is 19.5 Å². The summed E-state index contributed by atoms with van der Waals surface area (Å²) < 4.78 is 21.7. The van der Waals surface area contributed by atoms with Crippen molar-refractivity contribution in [1.82, 2.24) is 14.4 Å². The summed E-state index contributed by atoms with van der Waals surface area (Å²) in [6.45, 7) is 13.0. The van der Waals surface area contributed by atoms with Gasteiger partial charge in [0.15, 0.2) is 0 Å². The largest absolute Gasteiger partial charge is 0.381 e. The first-order valence-corrected chi connectivity index (χ1v) is 14.6. The third kappa shape index (κ3) is 5.44. The van der Waals surface area contributed by atoms with Crippen molar-refractivity contribution < 1.29 is 13.9 Å². The van der Waals surface area contributed by atoms with Crippen LogP contribution < -0.4 is 5.32 Å². The lowest BCUT2D eigenvalue weighted by atomic mass is 10.0. The molecule has 1 amide bonds. The molecule has 3 aromatic rings. The predicted octanol–water partition coefficient (Wildman–Crippen LogP) is 5.66. The SMILES string of the molecule is Cc1cc(F)ccc1CNc1cc(C(=O)N2CCN(C3CCOCC3)CC2)cc2c(C)c(C)n(CC3CC3)c12. The molecule has 0 atom stereocenters. The van der Waals surface area contributed by atoms with Gasteiger partial charge in [0.25, 0.3) is 5.91 Å². The second kappa shape index (κ2) is 10.9. The average Bonchev–Trinajstić information content (AvgIpc) is 3.75. The Labute approximate surface area is 231 Å². The van der Waals surface area contributed by atoms with Gasteiger partial charge in [0.05, 0.1) is 11.2 Å². The van der Waals surface area contributed by atoms with Crippen molar-refractivity contribution in [2.75, 3.05) is 44.7 Å². The van der Waals surface area contributed by atoms with Crippen LogP contribution in [0.5, 0.6) is 0 Å². The monoisotopic (exact) mass is 532 g/mol. The molecule has 0 bridgehead atoms. The molecule has 1 aromatic heterocycles. The van der Waals surface area contributed by atoms with E-state index < -0.39 is 0 Å². The smallest absolute Gasteiger partial charge is 0.254 e. The number of ether oxygens (including phenoxy) is 1. The third-order valence-electron chi connectivity index (χ3n) is 9.20. The summed E-state index contributed by atoms with van der Waals surface area (Å²) in [5.41, 5.74) is 7.40. The van der Waals surface area contributed by atoms with Crippen LogP contribution in [0.1, 0.15) is 58.4 Å². The Morgan fingerprint density at radius 1 is 1.00 bits per heavy atom. The second-order valence-corrected chi connectivity index (χ2v) is 11.8. The molecule has 3 aliphatic rings. The molecule has 2 aromatic carbocycles. The van der Waals surface area contributed by atoms with Crippen LogP contribution in [0, 0.1) is 32.5 Å². The van der Waals surface area contributed by atoms with E-state index in [4.69, 9.17) is 4.74 Å². The highest BCUT2D eigenvalue weighted by Crippen LogP contribution is 2.38. The van der Waals surface area contributed by atoms with Crippen LogP contribution in [0.15, 0.2) is 30.3 Å². The number of benzene rings is 2. The first-order valence-electron chi connectivity index (χ1n) is 14.6. The van der Waals surface area contributed by atoms with E-state index in [1.165, 1.54) is 35.7 Å². The minimum absolute atomic E-state index is 0.108. The Bertz CT molecular complexity index is 1360. The maximum Gasteiger partial charge on any atom is 0.254 e. The molecule has 6 nitrogen and oxygen atoms in total. The number of amides is 1. The van der Waals surface area contributed by atoms with Gasteiger partial charge in [-0.2, -0.15) is 0 Å². The quantitative estimate of drug-likeness (QED) is 0.426. The fourth-order valence-electron chi connectivity index (χ4n) is 6.39. The highest BCUT2D eigenvalue weighted by Gasteiger charge is 2.29.